The van der Waals surface area contributed by atoms with Crippen LogP contribution in [0.1, 0.15) is 42.6 Å². The lowest BCUT2D eigenvalue weighted by Gasteiger charge is -2.20. The van der Waals surface area contributed by atoms with Gasteiger partial charge in [0.2, 0.25) is 5.91 Å². The predicted molar refractivity (Wildman–Crippen MR) is 71.5 cm³/mol. The Hall–Kier alpha value is -1.65. The fourth-order valence-corrected chi connectivity index (χ4v) is 2.60. The van der Waals surface area contributed by atoms with E-state index in [4.69, 9.17) is 0 Å². The predicted octanol–water partition coefficient (Wildman–Crippen LogP) is 1.41. The molecule has 0 bridgehead atoms. The van der Waals surface area contributed by atoms with E-state index in [1.54, 1.807) is 0 Å². The zero-order valence-corrected chi connectivity index (χ0v) is 11.8. The summed E-state index contributed by atoms with van der Waals surface area (Å²) in [6, 6.07) is 0. The van der Waals surface area contributed by atoms with E-state index in [2.05, 4.69) is 10.4 Å². The van der Waals surface area contributed by atoms with Crippen LogP contribution in [0.5, 0.6) is 0 Å². The zero-order valence-electron chi connectivity index (χ0n) is 11.8. The van der Waals surface area contributed by atoms with Crippen LogP contribution in [0.4, 0.5) is 0 Å². The fourth-order valence-electron chi connectivity index (χ4n) is 2.60. The fraction of sp³-hybridized carbons (Fsp3) is 0.643. The van der Waals surface area contributed by atoms with Crippen molar-refractivity contribution in [2.24, 2.45) is 13.0 Å². The Labute approximate surface area is 113 Å². The third-order valence-electron chi connectivity index (χ3n) is 4.01. The van der Waals surface area contributed by atoms with Gasteiger partial charge in [-0.1, -0.05) is 0 Å². The van der Waals surface area contributed by atoms with E-state index in [1.165, 1.54) is 0 Å². The Morgan fingerprint density at radius 2 is 2.00 bits per heavy atom. The molecule has 0 spiro atoms. The normalized spacial score (nSPS) is 16.7. The van der Waals surface area contributed by atoms with Crippen molar-refractivity contribution in [1.29, 1.82) is 0 Å². The van der Waals surface area contributed by atoms with Crippen molar-refractivity contribution >= 4 is 11.7 Å². The number of aryl methyl sites for hydroxylation is 2. The first kappa shape index (κ1) is 13.8. The summed E-state index contributed by atoms with van der Waals surface area (Å²) in [6.07, 6.45) is 2.47. The van der Waals surface area contributed by atoms with Crippen molar-refractivity contribution < 1.29 is 9.59 Å². The van der Waals surface area contributed by atoms with Gasteiger partial charge in [-0.2, -0.15) is 5.10 Å². The van der Waals surface area contributed by atoms with Crippen LogP contribution in [0.3, 0.4) is 0 Å². The molecule has 2 rings (SSSR count). The number of nitrogens with one attached hydrogen (secondary N) is 1. The van der Waals surface area contributed by atoms with Crippen LogP contribution in [0.2, 0.25) is 0 Å². The van der Waals surface area contributed by atoms with Crippen LogP contribution < -0.4 is 5.32 Å². The molecule has 0 saturated heterocycles. The maximum absolute atomic E-state index is 12.1. The monoisotopic (exact) mass is 263 g/mol. The second-order valence-corrected chi connectivity index (χ2v) is 5.30. The van der Waals surface area contributed by atoms with Gasteiger partial charge in [-0.3, -0.25) is 14.3 Å². The molecule has 1 aliphatic carbocycles. The van der Waals surface area contributed by atoms with Gasteiger partial charge in [-0.15, -0.1) is 0 Å². The highest BCUT2D eigenvalue weighted by molar-refractivity contribution is 5.84. The molecule has 1 N–H and O–H groups in total. The Morgan fingerprint density at radius 1 is 1.37 bits per heavy atom. The largest absolute Gasteiger partial charge is 0.352 e. The molecule has 0 aliphatic heterocycles. The van der Waals surface area contributed by atoms with Crippen LogP contribution >= 0.6 is 0 Å². The first-order valence-electron chi connectivity index (χ1n) is 6.77. The van der Waals surface area contributed by atoms with E-state index in [0.717, 1.165) is 17.0 Å². The molecule has 104 valence electrons. The van der Waals surface area contributed by atoms with Gasteiger partial charge >= 0.3 is 0 Å². The topological polar surface area (TPSA) is 64.0 Å². The number of amides is 1. The second kappa shape index (κ2) is 5.55. The number of hydrogen-bond acceptors (Lipinski definition) is 3. The van der Waals surface area contributed by atoms with Crippen molar-refractivity contribution in [3.8, 4) is 0 Å². The van der Waals surface area contributed by atoms with Crippen LogP contribution in [0.25, 0.3) is 0 Å². The molecule has 5 nitrogen and oxygen atoms in total. The standard InChI is InChI=1S/C14H21N3O2/c1-9-13(10(2)17(3)16-9)8-15-14(19)11-4-6-12(18)7-5-11/h11H,4-8H2,1-3H3,(H,15,19). The average Bonchev–Trinajstić information content (AvgIpc) is 2.62. The van der Waals surface area contributed by atoms with E-state index in [0.29, 0.717) is 32.2 Å². The molecule has 1 aromatic heterocycles. The van der Waals surface area contributed by atoms with Gasteiger partial charge in [-0.05, 0) is 26.7 Å². The van der Waals surface area contributed by atoms with E-state index in [9.17, 15) is 9.59 Å². The zero-order chi connectivity index (χ0) is 14.0. The van der Waals surface area contributed by atoms with Crippen molar-refractivity contribution in [2.45, 2.75) is 46.1 Å². The molecule has 19 heavy (non-hydrogen) atoms. The highest BCUT2D eigenvalue weighted by Gasteiger charge is 2.24. The number of rotatable bonds is 3. The van der Waals surface area contributed by atoms with E-state index in [-0.39, 0.29) is 17.6 Å². The minimum atomic E-state index is -0.00464. The number of nitrogens with zero attached hydrogens (tertiary/aromatic N) is 2. The van der Waals surface area contributed by atoms with Gasteiger partial charge in [0.25, 0.3) is 0 Å². The molecule has 1 heterocycles. The lowest BCUT2D eigenvalue weighted by molar-refractivity contribution is -0.128. The molecule has 0 atom stereocenters. The third kappa shape index (κ3) is 3.03. The number of Topliss-reactive ketones (excluding diaryl/α,β-unsaturated/α-hetero) is 1. The van der Waals surface area contributed by atoms with Crippen LogP contribution in [-0.2, 0) is 23.2 Å². The SMILES string of the molecule is Cc1nn(C)c(C)c1CNC(=O)C1CCC(=O)CC1. The first-order chi connectivity index (χ1) is 8.99. The number of aromatic nitrogens is 2. The molecule has 1 aliphatic rings. The molecule has 1 amide bonds. The number of carbonyl (C=O) groups excluding carboxylic acids is 2. The molecular formula is C14H21N3O2. The molecule has 1 saturated carbocycles. The number of carbonyl (C=O) groups is 2. The van der Waals surface area contributed by atoms with E-state index < -0.39 is 0 Å². The Bertz CT molecular complexity index is 495. The lowest BCUT2D eigenvalue weighted by atomic mass is 9.88. The summed E-state index contributed by atoms with van der Waals surface area (Å²) in [6.45, 7) is 4.48. The van der Waals surface area contributed by atoms with Gasteiger partial charge in [-0.25, -0.2) is 0 Å². The summed E-state index contributed by atoms with van der Waals surface area (Å²) in [5.41, 5.74) is 3.12. The maximum atomic E-state index is 12.1. The molecule has 1 fully saturated rings. The van der Waals surface area contributed by atoms with Crippen molar-refractivity contribution in [2.75, 3.05) is 0 Å². The van der Waals surface area contributed by atoms with Crippen LogP contribution in [0.15, 0.2) is 0 Å². The quantitative estimate of drug-likeness (QED) is 0.897. The molecule has 0 radical (unpaired) electrons. The summed E-state index contributed by atoms with van der Waals surface area (Å²) in [4.78, 5) is 23.2. The summed E-state index contributed by atoms with van der Waals surface area (Å²) in [5.74, 6) is 0.341. The smallest absolute Gasteiger partial charge is 0.223 e. The summed E-state index contributed by atoms with van der Waals surface area (Å²) >= 11 is 0. The van der Waals surface area contributed by atoms with E-state index in [1.807, 2.05) is 25.6 Å². The highest BCUT2D eigenvalue weighted by Crippen LogP contribution is 2.21. The minimum Gasteiger partial charge on any atom is -0.352 e. The minimum absolute atomic E-state index is 0.00464. The van der Waals surface area contributed by atoms with Crippen molar-refractivity contribution in [1.82, 2.24) is 15.1 Å². The van der Waals surface area contributed by atoms with Gasteiger partial charge in [0, 0.05) is 43.6 Å². The summed E-state index contributed by atoms with van der Waals surface area (Å²) in [5, 5.41) is 7.31. The summed E-state index contributed by atoms with van der Waals surface area (Å²) in [7, 11) is 1.90. The van der Waals surface area contributed by atoms with Gasteiger partial charge in [0.05, 0.1) is 5.69 Å². The number of hydrogen-bond donors (Lipinski definition) is 1. The van der Waals surface area contributed by atoms with Crippen LogP contribution in [-0.4, -0.2) is 21.5 Å². The maximum Gasteiger partial charge on any atom is 0.223 e. The Balaban J connectivity index is 1.91. The van der Waals surface area contributed by atoms with Gasteiger partial charge in [0.1, 0.15) is 5.78 Å². The van der Waals surface area contributed by atoms with Crippen LogP contribution in [0, 0.1) is 19.8 Å². The second-order valence-electron chi connectivity index (χ2n) is 5.30. The third-order valence-corrected chi connectivity index (χ3v) is 4.01. The van der Waals surface area contributed by atoms with Crippen molar-refractivity contribution in [3.63, 3.8) is 0 Å². The lowest BCUT2D eigenvalue weighted by Crippen LogP contribution is -2.33. The number of ketones is 1. The molecule has 0 aromatic carbocycles. The molecule has 1 aromatic rings. The molecule has 5 heteroatoms. The van der Waals surface area contributed by atoms with Gasteiger partial charge in [0.15, 0.2) is 0 Å². The van der Waals surface area contributed by atoms with Crippen molar-refractivity contribution in [3.05, 3.63) is 17.0 Å². The molecular weight excluding hydrogens is 242 g/mol. The Morgan fingerprint density at radius 3 is 2.53 bits per heavy atom. The van der Waals surface area contributed by atoms with Gasteiger partial charge < -0.3 is 5.32 Å². The Kier molecular flexibility index (Phi) is 4.02. The summed E-state index contributed by atoms with van der Waals surface area (Å²) < 4.78 is 1.83. The van der Waals surface area contributed by atoms with E-state index >= 15 is 0 Å². The molecule has 0 unspecified atom stereocenters. The highest BCUT2D eigenvalue weighted by atomic mass is 16.2. The average molecular weight is 263 g/mol. The first-order valence-corrected chi connectivity index (χ1v) is 6.77.